The molecular weight excluding hydrogens is 532 g/mol. The summed E-state index contributed by atoms with van der Waals surface area (Å²) < 4.78 is 35.9. The number of aliphatic hydroxyl groups is 1. The van der Waals surface area contributed by atoms with Gasteiger partial charge in [-0.05, 0) is 43.9 Å². The second-order valence-electron chi connectivity index (χ2n) is 9.13. The van der Waals surface area contributed by atoms with E-state index in [1.54, 1.807) is 31.4 Å². The van der Waals surface area contributed by atoms with Crippen LogP contribution in [0.3, 0.4) is 0 Å². The minimum atomic E-state index is -3.36. The normalized spacial score (nSPS) is 20.0. The SMILES string of the molecule is CO[C@@H]1CC[C@@H](ON=C(C(=O)Nc2nc3ccc(OCCO)nc3s2)c2ccc(S(=O)(=O)C3CC3)cc2)C1. The first-order chi connectivity index (χ1) is 18.4. The van der Waals surface area contributed by atoms with E-state index in [1.165, 1.54) is 12.1 Å². The molecule has 2 aliphatic rings. The van der Waals surface area contributed by atoms with Crippen molar-refractivity contribution in [1.82, 2.24) is 9.97 Å². The highest BCUT2D eigenvalue weighted by Crippen LogP contribution is 2.33. The van der Waals surface area contributed by atoms with Crippen molar-refractivity contribution in [2.75, 3.05) is 25.6 Å². The number of amides is 1. The molecule has 5 rings (SSSR count). The molecule has 2 N–H and O–H groups in total. The number of hydrogen-bond donors (Lipinski definition) is 2. The number of nitrogens with one attached hydrogen (secondary N) is 1. The van der Waals surface area contributed by atoms with E-state index < -0.39 is 15.7 Å². The Bertz CT molecular complexity index is 1440. The molecule has 38 heavy (non-hydrogen) atoms. The van der Waals surface area contributed by atoms with Crippen molar-refractivity contribution in [2.24, 2.45) is 5.16 Å². The van der Waals surface area contributed by atoms with Crippen LogP contribution in [0.25, 0.3) is 10.3 Å². The number of sulfone groups is 1. The van der Waals surface area contributed by atoms with Gasteiger partial charge in [-0.25, -0.2) is 18.4 Å². The van der Waals surface area contributed by atoms with Crippen molar-refractivity contribution in [1.29, 1.82) is 0 Å². The molecule has 0 spiro atoms. The second kappa shape index (κ2) is 11.3. The van der Waals surface area contributed by atoms with Gasteiger partial charge in [0.1, 0.15) is 23.1 Å². The highest BCUT2D eigenvalue weighted by atomic mass is 32.2. The molecule has 2 heterocycles. The topological polar surface area (TPSA) is 149 Å². The molecule has 2 aliphatic carbocycles. The van der Waals surface area contributed by atoms with Gasteiger partial charge in [0.05, 0.1) is 22.9 Å². The fourth-order valence-corrected chi connectivity index (χ4v) is 6.66. The van der Waals surface area contributed by atoms with E-state index in [9.17, 15) is 13.2 Å². The second-order valence-corrected chi connectivity index (χ2v) is 12.3. The van der Waals surface area contributed by atoms with Crippen molar-refractivity contribution in [2.45, 2.75) is 54.5 Å². The average Bonchev–Trinajstić information content (AvgIpc) is 3.57. The molecule has 0 unspecified atom stereocenters. The molecule has 0 radical (unpaired) electrons. The number of ether oxygens (including phenoxy) is 2. The number of nitrogens with zero attached hydrogens (tertiary/aromatic N) is 3. The summed E-state index contributed by atoms with van der Waals surface area (Å²) in [6, 6.07) is 9.47. The average molecular weight is 561 g/mol. The lowest BCUT2D eigenvalue weighted by molar-refractivity contribution is -0.110. The molecule has 2 aromatic heterocycles. The zero-order valence-corrected chi connectivity index (χ0v) is 22.3. The lowest BCUT2D eigenvalue weighted by Gasteiger charge is -2.12. The Balaban J connectivity index is 1.38. The van der Waals surface area contributed by atoms with Gasteiger partial charge in [0, 0.05) is 25.2 Å². The van der Waals surface area contributed by atoms with Crippen molar-refractivity contribution >= 4 is 48.3 Å². The van der Waals surface area contributed by atoms with Gasteiger partial charge in [-0.1, -0.05) is 28.6 Å². The quantitative estimate of drug-likeness (QED) is 0.267. The van der Waals surface area contributed by atoms with E-state index in [0.717, 1.165) is 24.2 Å². The summed E-state index contributed by atoms with van der Waals surface area (Å²) in [5.74, 6) is -0.212. The van der Waals surface area contributed by atoms with E-state index in [-0.39, 0.29) is 41.3 Å². The first-order valence-electron chi connectivity index (χ1n) is 12.3. The number of thiazole rings is 1. The van der Waals surface area contributed by atoms with Crippen LogP contribution in [0.1, 0.15) is 37.7 Å². The number of hydrogen-bond acceptors (Lipinski definition) is 11. The van der Waals surface area contributed by atoms with Crippen molar-refractivity contribution in [3.63, 3.8) is 0 Å². The van der Waals surface area contributed by atoms with Crippen molar-refractivity contribution in [3.8, 4) is 5.88 Å². The number of oxime groups is 1. The summed E-state index contributed by atoms with van der Waals surface area (Å²) >= 11 is 1.16. The van der Waals surface area contributed by atoms with Gasteiger partial charge in [0.2, 0.25) is 5.88 Å². The van der Waals surface area contributed by atoms with Gasteiger partial charge in [0.15, 0.2) is 20.7 Å². The van der Waals surface area contributed by atoms with E-state index >= 15 is 0 Å². The largest absolute Gasteiger partial charge is 0.475 e. The van der Waals surface area contributed by atoms with Crippen molar-refractivity contribution in [3.05, 3.63) is 42.0 Å². The summed E-state index contributed by atoms with van der Waals surface area (Å²) in [6.45, 7) is -0.0119. The number of pyridine rings is 1. The monoisotopic (exact) mass is 560 g/mol. The van der Waals surface area contributed by atoms with Crippen LogP contribution in [0.2, 0.25) is 0 Å². The van der Waals surface area contributed by atoms with Crippen LogP contribution < -0.4 is 10.1 Å². The number of anilines is 1. The smallest absolute Gasteiger partial charge is 0.280 e. The number of aromatic nitrogens is 2. The summed E-state index contributed by atoms with van der Waals surface area (Å²) in [7, 11) is -1.71. The molecule has 1 amide bonds. The van der Waals surface area contributed by atoms with Gasteiger partial charge in [0.25, 0.3) is 5.91 Å². The molecule has 202 valence electrons. The Kier molecular flexibility index (Phi) is 7.88. The fourth-order valence-electron chi connectivity index (χ4n) is 4.18. The third-order valence-corrected chi connectivity index (χ3v) is 9.55. The minimum absolute atomic E-state index is 0.000389. The van der Waals surface area contributed by atoms with Crippen LogP contribution in [-0.2, 0) is 24.2 Å². The lowest BCUT2D eigenvalue weighted by atomic mass is 10.1. The van der Waals surface area contributed by atoms with Crippen molar-refractivity contribution < 1.29 is 32.6 Å². The Hall–Kier alpha value is -3.13. The van der Waals surface area contributed by atoms with Gasteiger partial charge < -0.3 is 19.4 Å². The summed E-state index contributed by atoms with van der Waals surface area (Å²) in [4.78, 5) is 28.6. The molecular formula is C25H28N4O7S2. The van der Waals surface area contributed by atoms with E-state index in [2.05, 4.69) is 20.4 Å². The van der Waals surface area contributed by atoms with Crippen LogP contribution >= 0.6 is 11.3 Å². The highest BCUT2D eigenvalue weighted by Gasteiger charge is 2.37. The summed E-state index contributed by atoms with van der Waals surface area (Å²) in [6.07, 6.45) is 3.49. The van der Waals surface area contributed by atoms with Crippen LogP contribution in [-0.4, -0.2) is 72.9 Å². The first kappa shape index (κ1) is 26.5. The Labute approximate surface area is 223 Å². The number of benzene rings is 1. The lowest BCUT2D eigenvalue weighted by Crippen LogP contribution is -2.25. The number of fused-ring (bicyclic) bond motifs is 1. The van der Waals surface area contributed by atoms with Gasteiger partial charge in [-0.3, -0.25) is 10.1 Å². The number of carbonyl (C=O) groups is 1. The predicted molar refractivity (Wildman–Crippen MR) is 141 cm³/mol. The van der Waals surface area contributed by atoms with Crippen LogP contribution in [0.5, 0.6) is 5.88 Å². The van der Waals surface area contributed by atoms with E-state index in [1.807, 2.05) is 0 Å². The van der Waals surface area contributed by atoms with Gasteiger partial charge in [-0.2, -0.15) is 0 Å². The van der Waals surface area contributed by atoms with E-state index in [0.29, 0.717) is 46.2 Å². The standard InChI is InChI=1S/C25H28N4O7S2/c1-34-16-4-5-17(14-16)36-29-22(15-2-6-18(7-3-15)38(32,33)19-8-9-19)23(31)28-25-26-20-10-11-21(35-13-12-30)27-24(20)37-25/h2-3,6-7,10-11,16-17,19,30H,4-5,8-9,12-14H2,1H3,(H,26,28,31)/t16-,17-/m1/s1. The Morgan fingerprint density at radius 1 is 1.11 bits per heavy atom. The third kappa shape index (κ3) is 5.96. The van der Waals surface area contributed by atoms with Gasteiger partial charge >= 0.3 is 0 Å². The maximum absolute atomic E-state index is 13.4. The molecule has 0 bridgehead atoms. The molecule has 3 aromatic rings. The fraction of sp³-hybridized carbons (Fsp3) is 0.440. The molecule has 2 fully saturated rings. The summed E-state index contributed by atoms with van der Waals surface area (Å²) in [5.41, 5.74) is 0.987. The Morgan fingerprint density at radius 2 is 1.87 bits per heavy atom. The van der Waals surface area contributed by atoms with Crippen LogP contribution in [0, 0.1) is 0 Å². The van der Waals surface area contributed by atoms with E-state index in [4.69, 9.17) is 19.4 Å². The first-order valence-corrected chi connectivity index (χ1v) is 14.7. The van der Waals surface area contributed by atoms with Crippen LogP contribution in [0.15, 0.2) is 46.4 Å². The summed E-state index contributed by atoms with van der Waals surface area (Å²) in [5, 5.41) is 15.9. The number of carbonyl (C=O) groups excluding carboxylic acids is 1. The Morgan fingerprint density at radius 3 is 2.55 bits per heavy atom. The number of aliphatic hydroxyl groups excluding tert-OH is 1. The molecule has 1 aromatic carbocycles. The third-order valence-electron chi connectivity index (χ3n) is 6.39. The number of rotatable bonds is 11. The zero-order valence-electron chi connectivity index (χ0n) is 20.7. The molecule has 0 saturated heterocycles. The minimum Gasteiger partial charge on any atom is -0.475 e. The van der Waals surface area contributed by atoms with Crippen LogP contribution in [0.4, 0.5) is 5.13 Å². The van der Waals surface area contributed by atoms with Gasteiger partial charge in [-0.15, -0.1) is 0 Å². The molecule has 13 heteroatoms. The molecule has 11 nitrogen and oxygen atoms in total. The molecule has 2 saturated carbocycles. The maximum atomic E-state index is 13.4. The highest BCUT2D eigenvalue weighted by molar-refractivity contribution is 7.92. The predicted octanol–water partition coefficient (Wildman–Crippen LogP) is 2.93. The zero-order chi connectivity index (χ0) is 26.7. The molecule has 0 aliphatic heterocycles. The maximum Gasteiger partial charge on any atom is 0.280 e. The number of methoxy groups -OCH3 is 1. The molecule has 2 atom stereocenters.